The number of nitrogens with zero attached hydrogens (tertiary/aromatic N) is 2. The predicted molar refractivity (Wildman–Crippen MR) is 115 cm³/mol. The highest BCUT2D eigenvalue weighted by Crippen LogP contribution is 2.31. The summed E-state index contributed by atoms with van der Waals surface area (Å²) >= 11 is 0. The maximum absolute atomic E-state index is 13.2. The second kappa shape index (κ2) is 9.54. The number of hydrogen-bond acceptors (Lipinski definition) is 2. The van der Waals surface area contributed by atoms with Crippen molar-refractivity contribution in [1.82, 2.24) is 4.90 Å². The quantitative estimate of drug-likeness (QED) is 0.685. The Morgan fingerprint density at radius 2 is 1.57 bits per heavy atom. The molecule has 28 heavy (non-hydrogen) atoms. The highest BCUT2D eigenvalue weighted by atomic mass is 16.2. The topological polar surface area (TPSA) is 40.6 Å². The summed E-state index contributed by atoms with van der Waals surface area (Å²) in [5, 5.41) is 0. The first-order valence-electron chi connectivity index (χ1n) is 9.93. The summed E-state index contributed by atoms with van der Waals surface area (Å²) in [5.41, 5.74) is 4.04. The third kappa shape index (κ3) is 5.22. The van der Waals surface area contributed by atoms with E-state index in [0.29, 0.717) is 6.54 Å². The van der Waals surface area contributed by atoms with Gasteiger partial charge in [-0.3, -0.25) is 9.59 Å². The maximum atomic E-state index is 13.2. The van der Waals surface area contributed by atoms with Gasteiger partial charge in [-0.2, -0.15) is 0 Å². The van der Waals surface area contributed by atoms with E-state index in [1.165, 1.54) is 6.92 Å². The van der Waals surface area contributed by atoms with E-state index in [4.69, 9.17) is 0 Å². The average molecular weight is 381 g/mol. The van der Waals surface area contributed by atoms with Gasteiger partial charge in [0.25, 0.3) is 0 Å². The van der Waals surface area contributed by atoms with Gasteiger partial charge in [-0.05, 0) is 43.4 Å². The molecule has 0 aliphatic heterocycles. The molecule has 0 N–H and O–H groups in total. The van der Waals surface area contributed by atoms with E-state index in [1.54, 1.807) is 4.90 Å². The summed E-state index contributed by atoms with van der Waals surface area (Å²) < 4.78 is 0. The van der Waals surface area contributed by atoms with Crippen LogP contribution in [0.3, 0.4) is 0 Å². The molecule has 2 aromatic carbocycles. The Hall–Kier alpha value is -2.62. The highest BCUT2D eigenvalue weighted by Gasteiger charge is 2.25. The van der Waals surface area contributed by atoms with Gasteiger partial charge in [-0.15, -0.1) is 0 Å². The van der Waals surface area contributed by atoms with Crippen molar-refractivity contribution in [2.45, 2.75) is 60.0 Å². The summed E-state index contributed by atoms with van der Waals surface area (Å²) in [5.74, 6) is 0.0948. The van der Waals surface area contributed by atoms with Gasteiger partial charge < -0.3 is 9.80 Å². The number of benzene rings is 2. The van der Waals surface area contributed by atoms with E-state index in [9.17, 15) is 9.59 Å². The molecule has 0 aliphatic carbocycles. The minimum absolute atomic E-state index is 0.0444. The monoisotopic (exact) mass is 380 g/mol. The second-order valence-corrected chi connectivity index (χ2v) is 7.87. The minimum Gasteiger partial charge on any atom is -0.334 e. The molecule has 0 aliphatic rings. The molecule has 150 valence electrons. The van der Waals surface area contributed by atoms with E-state index in [1.807, 2.05) is 74.2 Å². The van der Waals surface area contributed by atoms with Crippen molar-refractivity contribution in [1.29, 1.82) is 0 Å². The van der Waals surface area contributed by atoms with Crippen LogP contribution in [0.5, 0.6) is 0 Å². The number of aryl methyl sites for hydroxylation is 1. The Morgan fingerprint density at radius 3 is 2.11 bits per heavy atom. The molecule has 0 radical (unpaired) electrons. The lowest BCUT2D eigenvalue weighted by Gasteiger charge is -2.32. The summed E-state index contributed by atoms with van der Waals surface area (Å²) in [6, 6.07) is 16.0. The Labute approximate surface area is 169 Å². The Morgan fingerprint density at radius 1 is 0.929 bits per heavy atom. The normalized spacial score (nSPS) is 11.0. The van der Waals surface area contributed by atoms with Gasteiger partial charge in [0.1, 0.15) is 6.54 Å². The van der Waals surface area contributed by atoms with Crippen molar-refractivity contribution in [3.05, 3.63) is 65.2 Å². The third-order valence-corrected chi connectivity index (χ3v) is 4.97. The van der Waals surface area contributed by atoms with Crippen LogP contribution in [0.1, 0.15) is 57.2 Å². The van der Waals surface area contributed by atoms with Crippen LogP contribution in [-0.2, 0) is 16.1 Å². The zero-order chi connectivity index (χ0) is 20.8. The molecule has 0 fully saturated rings. The summed E-state index contributed by atoms with van der Waals surface area (Å²) in [7, 11) is 0. The van der Waals surface area contributed by atoms with E-state index in [2.05, 4.69) is 13.8 Å². The molecule has 4 heteroatoms. The fraction of sp³-hybridized carbons (Fsp3) is 0.417. The van der Waals surface area contributed by atoms with E-state index < -0.39 is 0 Å². The van der Waals surface area contributed by atoms with Crippen molar-refractivity contribution in [2.75, 3.05) is 11.4 Å². The van der Waals surface area contributed by atoms with Crippen LogP contribution in [-0.4, -0.2) is 29.3 Å². The van der Waals surface area contributed by atoms with Crippen molar-refractivity contribution >= 4 is 17.5 Å². The molecule has 0 unspecified atom stereocenters. The molecule has 0 atom stereocenters. The van der Waals surface area contributed by atoms with Crippen LogP contribution >= 0.6 is 0 Å². The predicted octanol–water partition coefficient (Wildman–Crippen LogP) is 4.91. The molecule has 0 saturated carbocycles. The van der Waals surface area contributed by atoms with Gasteiger partial charge in [0.05, 0.1) is 5.69 Å². The highest BCUT2D eigenvalue weighted by molar-refractivity contribution is 5.99. The molecule has 0 spiro atoms. The number of carbonyl (C=O) groups is 2. The molecule has 2 rings (SSSR count). The lowest BCUT2D eigenvalue weighted by atomic mass is 9.97. The third-order valence-electron chi connectivity index (χ3n) is 4.97. The SMILES string of the molecule is CC(=O)N(CC(=O)N(Cc1ccccc1)C(C)C)c1c(C)cccc1C(C)C. The molecular weight excluding hydrogens is 348 g/mol. The van der Waals surface area contributed by atoms with E-state index in [-0.39, 0.29) is 30.3 Å². The minimum atomic E-state index is -0.118. The average Bonchev–Trinajstić information content (AvgIpc) is 2.64. The first kappa shape index (κ1) is 21.7. The molecule has 2 amide bonds. The van der Waals surface area contributed by atoms with Crippen LogP contribution < -0.4 is 4.90 Å². The molecular formula is C24H32N2O2. The number of carbonyl (C=O) groups excluding carboxylic acids is 2. The molecule has 4 nitrogen and oxygen atoms in total. The van der Waals surface area contributed by atoms with Crippen molar-refractivity contribution in [2.24, 2.45) is 0 Å². The van der Waals surface area contributed by atoms with Gasteiger partial charge in [0.2, 0.25) is 11.8 Å². The lowest BCUT2D eigenvalue weighted by Crippen LogP contribution is -2.45. The van der Waals surface area contributed by atoms with Crippen molar-refractivity contribution < 1.29 is 9.59 Å². The molecule has 0 heterocycles. The van der Waals surface area contributed by atoms with Gasteiger partial charge in [0.15, 0.2) is 0 Å². The Kier molecular flexibility index (Phi) is 7.38. The first-order chi connectivity index (χ1) is 13.2. The van der Waals surface area contributed by atoms with Crippen molar-refractivity contribution in [3.63, 3.8) is 0 Å². The van der Waals surface area contributed by atoms with Crippen molar-refractivity contribution in [3.8, 4) is 0 Å². The summed E-state index contributed by atoms with van der Waals surface area (Å²) in [4.78, 5) is 29.2. The van der Waals surface area contributed by atoms with Crippen LogP contribution in [0.25, 0.3) is 0 Å². The number of para-hydroxylation sites is 1. The van der Waals surface area contributed by atoms with E-state index >= 15 is 0 Å². The van der Waals surface area contributed by atoms with Crippen LogP contribution in [0.2, 0.25) is 0 Å². The fourth-order valence-corrected chi connectivity index (χ4v) is 3.43. The van der Waals surface area contributed by atoms with Gasteiger partial charge in [-0.25, -0.2) is 0 Å². The number of hydrogen-bond donors (Lipinski definition) is 0. The lowest BCUT2D eigenvalue weighted by molar-refractivity contribution is -0.133. The van der Waals surface area contributed by atoms with Crippen LogP contribution in [0.15, 0.2) is 48.5 Å². The first-order valence-corrected chi connectivity index (χ1v) is 9.93. The number of rotatable bonds is 7. The zero-order valence-electron chi connectivity index (χ0n) is 17.9. The summed E-state index contributed by atoms with van der Waals surface area (Å²) in [6.07, 6.45) is 0. The standard InChI is InChI=1S/C24H32N2O2/c1-17(2)22-14-10-11-19(5)24(22)26(20(6)27)16-23(28)25(18(3)4)15-21-12-8-7-9-13-21/h7-14,17-18H,15-16H2,1-6H3. The largest absolute Gasteiger partial charge is 0.334 e. The van der Waals surface area contributed by atoms with Gasteiger partial charge >= 0.3 is 0 Å². The smallest absolute Gasteiger partial charge is 0.243 e. The Balaban J connectivity index is 2.33. The molecule has 2 aromatic rings. The van der Waals surface area contributed by atoms with E-state index in [0.717, 1.165) is 22.4 Å². The van der Waals surface area contributed by atoms with Crippen LogP contribution in [0.4, 0.5) is 5.69 Å². The summed E-state index contributed by atoms with van der Waals surface area (Å²) in [6.45, 7) is 12.3. The number of anilines is 1. The molecule has 0 saturated heterocycles. The second-order valence-electron chi connectivity index (χ2n) is 7.87. The maximum Gasteiger partial charge on any atom is 0.243 e. The Bertz CT molecular complexity index is 813. The van der Waals surface area contributed by atoms with Crippen LogP contribution in [0, 0.1) is 6.92 Å². The molecule has 0 bridgehead atoms. The van der Waals surface area contributed by atoms with Gasteiger partial charge in [-0.1, -0.05) is 62.4 Å². The zero-order valence-corrected chi connectivity index (χ0v) is 17.9. The number of amides is 2. The fourth-order valence-electron chi connectivity index (χ4n) is 3.43. The van der Waals surface area contributed by atoms with Gasteiger partial charge in [0, 0.05) is 19.5 Å². The molecule has 0 aromatic heterocycles.